The Morgan fingerprint density at radius 2 is 2.04 bits per heavy atom. The molecule has 0 aliphatic carbocycles. The van der Waals surface area contributed by atoms with E-state index in [2.05, 4.69) is 17.5 Å². The van der Waals surface area contributed by atoms with E-state index >= 15 is 0 Å². The van der Waals surface area contributed by atoms with Crippen LogP contribution in [-0.4, -0.2) is 31.6 Å². The van der Waals surface area contributed by atoms with Crippen LogP contribution in [0.2, 0.25) is 0 Å². The third-order valence-electron chi connectivity index (χ3n) is 4.47. The second-order valence-electron chi connectivity index (χ2n) is 5.91. The summed E-state index contributed by atoms with van der Waals surface area (Å²) < 4.78 is 10.9. The van der Waals surface area contributed by atoms with E-state index in [4.69, 9.17) is 9.47 Å². The molecule has 24 heavy (non-hydrogen) atoms. The van der Waals surface area contributed by atoms with Crippen LogP contribution >= 0.6 is 11.3 Å². The Morgan fingerprint density at radius 3 is 2.67 bits per heavy atom. The minimum Gasteiger partial charge on any atom is -0.493 e. The van der Waals surface area contributed by atoms with Crippen LogP contribution in [0.5, 0.6) is 11.5 Å². The highest BCUT2D eigenvalue weighted by Gasteiger charge is 2.33. The van der Waals surface area contributed by atoms with Crippen LogP contribution in [0.4, 0.5) is 0 Å². The molecule has 0 unspecified atom stereocenters. The summed E-state index contributed by atoms with van der Waals surface area (Å²) in [6.07, 6.45) is 2.29. The molecule has 128 valence electrons. The monoisotopic (exact) mass is 345 g/mol. The maximum absolute atomic E-state index is 12.7. The van der Waals surface area contributed by atoms with Gasteiger partial charge in [-0.2, -0.15) is 0 Å². The molecule has 1 aromatic heterocycles. The average molecular weight is 345 g/mol. The summed E-state index contributed by atoms with van der Waals surface area (Å²) in [4.78, 5) is 15.9. The number of methoxy groups -OCH3 is 2. The van der Waals surface area contributed by atoms with Gasteiger partial charge in [0.05, 0.1) is 20.3 Å². The number of carbonyl (C=O) groups is 1. The topological polar surface area (TPSA) is 38.8 Å². The highest BCUT2D eigenvalue weighted by Crippen LogP contribution is 2.42. The molecule has 1 aliphatic rings. The summed E-state index contributed by atoms with van der Waals surface area (Å²) in [5, 5.41) is 2.06. The Labute approximate surface area is 147 Å². The van der Waals surface area contributed by atoms with Crippen molar-refractivity contribution in [3.05, 3.63) is 45.6 Å². The van der Waals surface area contributed by atoms with Gasteiger partial charge in [0, 0.05) is 17.8 Å². The van der Waals surface area contributed by atoms with Gasteiger partial charge in [-0.15, -0.1) is 11.3 Å². The molecule has 0 saturated carbocycles. The van der Waals surface area contributed by atoms with E-state index in [1.54, 1.807) is 25.6 Å². The lowest BCUT2D eigenvalue weighted by Crippen LogP contribution is -2.40. The molecule has 0 radical (unpaired) electrons. The van der Waals surface area contributed by atoms with Crippen LogP contribution in [0.25, 0.3) is 0 Å². The predicted octanol–water partition coefficient (Wildman–Crippen LogP) is 4.04. The average Bonchev–Trinajstić information content (AvgIpc) is 3.13. The fourth-order valence-electron chi connectivity index (χ4n) is 3.33. The first-order valence-electron chi connectivity index (χ1n) is 8.27. The summed E-state index contributed by atoms with van der Waals surface area (Å²) in [5.41, 5.74) is 2.37. The lowest BCUT2D eigenvalue weighted by molar-refractivity contribution is -0.133. The minimum atomic E-state index is -0.0346. The largest absolute Gasteiger partial charge is 0.493 e. The fourth-order valence-corrected chi connectivity index (χ4v) is 4.18. The summed E-state index contributed by atoms with van der Waals surface area (Å²) in [5.74, 6) is 1.67. The summed E-state index contributed by atoms with van der Waals surface area (Å²) in [6, 6.07) is 8.19. The van der Waals surface area contributed by atoms with Crippen LogP contribution in [0.3, 0.4) is 0 Å². The number of rotatable bonds is 5. The third-order valence-corrected chi connectivity index (χ3v) is 5.40. The zero-order valence-corrected chi connectivity index (χ0v) is 15.2. The first-order valence-corrected chi connectivity index (χ1v) is 9.15. The summed E-state index contributed by atoms with van der Waals surface area (Å²) >= 11 is 1.69. The maximum Gasteiger partial charge on any atom is 0.223 e. The maximum atomic E-state index is 12.7. The van der Waals surface area contributed by atoms with E-state index < -0.39 is 0 Å². The second kappa shape index (κ2) is 7.26. The molecule has 1 atom stereocenters. The molecule has 3 rings (SSSR count). The molecule has 0 saturated heterocycles. The predicted molar refractivity (Wildman–Crippen MR) is 96.0 cm³/mol. The molecule has 1 aliphatic heterocycles. The molecule has 0 N–H and O–H groups in total. The van der Waals surface area contributed by atoms with E-state index in [1.165, 1.54) is 10.4 Å². The van der Waals surface area contributed by atoms with Gasteiger partial charge in [0.15, 0.2) is 11.5 Å². The van der Waals surface area contributed by atoms with Crippen LogP contribution in [-0.2, 0) is 11.2 Å². The molecule has 1 aromatic carbocycles. The highest BCUT2D eigenvalue weighted by atomic mass is 32.1. The van der Waals surface area contributed by atoms with Gasteiger partial charge in [0.2, 0.25) is 5.91 Å². The molecule has 2 aromatic rings. The molecule has 5 heteroatoms. The smallest absolute Gasteiger partial charge is 0.223 e. The van der Waals surface area contributed by atoms with Gasteiger partial charge in [0.25, 0.3) is 0 Å². The van der Waals surface area contributed by atoms with Gasteiger partial charge in [-0.25, -0.2) is 0 Å². The molecule has 2 heterocycles. The van der Waals surface area contributed by atoms with Crippen molar-refractivity contribution in [1.29, 1.82) is 0 Å². The van der Waals surface area contributed by atoms with E-state index in [-0.39, 0.29) is 11.9 Å². The number of benzene rings is 1. The van der Waals surface area contributed by atoms with Crippen molar-refractivity contribution in [2.75, 3.05) is 20.8 Å². The number of ether oxygens (including phenoxy) is 2. The lowest BCUT2D eigenvalue weighted by atomic mass is 9.90. The minimum absolute atomic E-state index is 0.0346. The highest BCUT2D eigenvalue weighted by molar-refractivity contribution is 7.10. The van der Waals surface area contributed by atoms with Gasteiger partial charge in [-0.3, -0.25) is 4.79 Å². The summed E-state index contributed by atoms with van der Waals surface area (Å²) in [7, 11) is 3.30. The van der Waals surface area contributed by atoms with E-state index in [0.29, 0.717) is 12.2 Å². The van der Waals surface area contributed by atoms with Gasteiger partial charge >= 0.3 is 0 Å². The van der Waals surface area contributed by atoms with Gasteiger partial charge in [0.1, 0.15) is 0 Å². The molecular formula is C19H23NO3S. The number of nitrogens with zero attached hydrogens (tertiary/aromatic N) is 1. The first kappa shape index (κ1) is 16.8. The van der Waals surface area contributed by atoms with Crippen molar-refractivity contribution in [3.8, 4) is 11.5 Å². The van der Waals surface area contributed by atoms with Crippen molar-refractivity contribution in [2.24, 2.45) is 0 Å². The number of hydrogen-bond donors (Lipinski definition) is 0. The van der Waals surface area contributed by atoms with Crippen molar-refractivity contribution >= 4 is 17.2 Å². The Morgan fingerprint density at radius 1 is 1.29 bits per heavy atom. The Bertz CT molecular complexity index is 712. The quantitative estimate of drug-likeness (QED) is 0.821. The Hall–Kier alpha value is -2.01. The van der Waals surface area contributed by atoms with Crippen LogP contribution in [0.15, 0.2) is 29.6 Å². The Kier molecular flexibility index (Phi) is 5.09. The zero-order chi connectivity index (χ0) is 17.1. The standard InChI is InChI=1S/C19H23NO3S/c1-4-6-18(21)20-9-8-13-11-15(22-2)16(23-3)12-14(13)19(20)17-7-5-10-24-17/h5,7,10-12,19H,4,6,8-9H2,1-3H3/t19-/m1/s1. The SMILES string of the molecule is CCCC(=O)N1CCc2cc(OC)c(OC)cc2[C@@H]1c1cccs1. The van der Waals surface area contributed by atoms with E-state index in [0.717, 1.165) is 30.7 Å². The van der Waals surface area contributed by atoms with Gasteiger partial charge < -0.3 is 14.4 Å². The van der Waals surface area contributed by atoms with Crippen molar-refractivity contribution in [3.63, 3.8) is 0 Å². The molecule has 4 nitrogen and oxygen atoms in total. The lowest BCUT2D eigenvalue weighted by Gasteiger charge is -2.37. The summed E-state index contributed by atoms with van der Waals surface area (Å²) in [6.45, 7) is 2.79. The fraction of sp³-hybridized carbons (Fsp3) is 0.421. The Balaban J connectivity index is 2.10. The van der Waals surface area contributed by atoms with E-state index in [1.807, 2.05) is 24.0 Å². The number of carbonyl (C=O) groups excluding carboxylic acids is 1. The number of hydrogen-bond acceptors (Lipinski definition) is 4. The normalized spacial score (nSPS) is 16.6. The van der Waals surface area contributed by atoms with Crippen molar-refractivity contribution in [1.82, 2.24) is 4.90 Å². The first-order chi connectivity index (χ1) is 11.7. The van der Waals surface area contributed by atoms with Crippen LogP contribution in [0, 0.1) is 0 Å². The molecule has 0 spiro atoms. The van der Waals surface area contributed by atoms with Crippen molar-refractivity contribution < 1.29 is 14.3 Å². The number of fused-ring (bicyclic) bond motifs is 1. The third kappa shape index (κ3) is 3.00. The number of amides is 1. The second-order valence-corrected chi connectivity index (χ2v) is 6.89. The van der Waals surface area contributed by atoms with E-state index in [9.17, 15) is 4.79 Å². The van der Waals surface area contributed by atoms with Crippen LogP contribution < -0.4 is 9.47 Å². The van der Waals surface area contributed by atoms with Crippen molar-refractivity contribution in [2.45, 2.75) is 32.2 Å². The molecule has 0 bridgehead atoms. The molecule has 0 fully saturated rings. The van der Waals surface area contributed by atoms with Gasteiger partial charge in [-0.05, 0) is 47.5 Å². The van der Waals surface area contributed by atoms with Gasteiger partial charge in [-0.1, -0.05) is 13.0 Å². The molecule has 1 amide bonds. The number of thiophene rings is 1. The van der Waals surface area contributed by atoms with Crippen LogP contribution in [0.1, 0.15) is 41.8 Å². The zero-order valence-electron chi connectivity index (χ0n) is 14.4. The molecular weight excluding hydrogens is 322 g/mol.